The van der Waals surface area contributed by atoms with E-state index in [4.69, 9.17) is 14.7 Å². The number of methoxy groups -OCH3 is 1. The van der Waals surface area contributed by atoms with Gasteiger partial charge in [0.05, 0.1) is 24.3 Å². The van der Waals surface area contributed by atoms with Crippen LogP contribution in [0, 0.1) is 11.3 Å². The van der Waals surface area contributed by atoms with Crippen LogP contribution in [0.2, 0.25) is 0 Å². The Bertz CT molecular complexity index is 958. The molecule has 0 aliphatic carbocycles. The molecular weight excluding hydrogens is 413 g/mol. The fourth-order valence-electron chi connectivity index (χ4n) is 3.22. The molecule has 1 aromatic heterocycles. The number of carbonyl (C=O) groups is 1. The molecule has 2 heterocycles. The van der Waals surface area contributed by atoms with Crippen molar-refractivity contribution in [1.82, 2.24) is 9.88 Å². The summed E-state index contributed by atoms with van der Waals surface area (Å²) in [5.74, 6) is 0.956. The number of hydrogen-bond donors (Lipinski definition) is 0. The minimum Gasteiger partial charge on any atom is -0.493 e. The Labute approximate surface area is 177 Å². The second-order valence-corrected chi connectivity index (χ2v) is 6.89. The average Bonchev–Trinajstić information content (AvgIpc) is 3.03. The molecule has 3 rings (SSSR count). The van der Waals surface area contributed by atoms with Crippen molar-refractivity contribution in [1.29, 1.82) is 5.26 Å². The highest BCUT2D eigenvalue weighted by molar-refractivity contribution is 5.78. The molecule has 7 nitrogen and oxygen atoms in total. The van der Waals surface area contributed by atoms with Crippen LogP contribution in [0.5, 0.6) is 11.5 Å². The van der Waals surface area contributed by atoms with Gasteiger partial charge in [-0.2, -0.15) is 18.4 Å². The van der Waals surface area contributed by atoms with Gasteiger partial charge in [0.1, 0.15) is 5.82 Å². The van der Waals surface area contributed by atoms with Gasteiger partial charge in [0, 0.05) is 38.4 Å². The molecule has 2 aromatic rings. The topological polar surface area (TPSA) is 78.7 Å². The first-order chi connectivity index (χ1) is 14.8. The van der Waals surface area contributed by atoms with Crippen molar-refractivity contribution in [3.63, 3.8) is 0 Å². The van der Waals surface area contributed by atoms with Crippen molar-refractivity contribution in [2.45, 2.75) is 12.6 Å². The first kappa shape index (κ1) is 22.2. The Morgan fingerprint density at radius 3 is 2.61 bits per heavy atom. The van der Waals surface area contributed by atoms with Gasteiger partial charge in [0.2, 0.25) is 0 Å². The van der Waals surface area contributed by atoms with E-state index in [2.05, 4.69) is 4.98 Å². The van der Waals surface area contributed by atoms with Gasteiger partial charge in [-0.15, -0.1) is 0 Å². The molecule has 1 saturated heterocycles. The fraction of sp³-hybridized carbons (Fsp3) is 0.381. The molecular formula is C21H21F3N4O3. The van der Waals surface area contributed by atoms with Crippen LogP contribution in [0.1, 0.15) is 17.5 Å². The van der Waals surface area contributed by atoms with Crippen LogP contribution in [-0.4, -0.2) is 55.7 Å². The molecule has 0 unspecified atom stereocenters. The van der Waals surface area contributed by atoms with E-state index < -0.39 is 11.7 Å². The maximum Gasteiger partial charge on any atom is 0.417 e. The third-order valence-corrected chi connectivity index (χ3v) is 4.89. The highest BCUT2D eigenvalue weighted by Gasteiger charge is 2.31. The van der Waals surface area contributed by atoms with Crippen molar-refractivity contribution >= 4 is 11.7 Å². The second kappa shape index (κ2) is 9.55. The Hall–Kier alpha value is -3.48. The Balaban J connectivity index is 1.57. The minimum absolute atomic E-state index is 0.194. The number of anilines is 1. The number of amides is 1. The summed E-state index contributed by atoms with van der Waals surface area (Å²) in [6.07, 6.45) is -2.96. The number of halogens is 3. The molecule has 0 spiro atoms. The average molecular weight is 434 g/mol. The van der Waals surface area contributed by atoms with Gasteiger partial charge < -0.3 is 19.3 Å². The predicted octanol–water partition coefficient (Wildman–Crippen LogP) is 3.10. The molecule has 0 N–H and O–H groups in total. The summed E-state index contributed by atoms with van der Waals surface area (Å²) in [5.41, 5.74) is -0.377. The highest BCUT2D eigenvalue weighted by Crippen LogP contribution is 2.30. The van der Waals surface area contributed by atoms with Crippen LogP contribution in [0.3, 0.4) is 0 Å². The molecule has 0 atom stereocenters. The predicted molar refractivity (Wildman–Crippen MR) is 106 cm³/mol. The number of carbonyl (C=O) groups excluding carboxylic acids is 1. The summed E-state index contributed by atoms with van der Waals surface area (Å²) >= 11 is 0. The minimum atomic E-state index is -4.43. The van der Waals surface area contributed by atoms with Crippen LogP contribution in [0.15, 0.2) is 36.5 Å². The summed E-state index contributed by atoms with van der Waals surface area (Å²) < 4.78 is 48.9. The molecule has 1 amide bonds. The SMILES string of the molecule is COc1cc(C#N)ccc1OCC(=O)N1CCCN(c2ccc(C(F)(F)F)cn2)CC1. The van der Waals surface area contributed by atoms with Gasteiger partial charge in [0.25, 0.3) is 5.91 Å². The summed E-state index contributed by atoms with van der Waals surface area (Å²) in [6.45, 7) is 1.73. The van der Waals surface area contributed by atoms with Crippen LogP contribution in [0.4, 0.5) is 19.0 Å². The number of ether oxygens (including phenoxy) is 2. The zero-order valence-corrected chi connectivity index (χ0v) is 16.9. The summed E-state index contributed by atoms with van der Waals surface area (Å²) in [5, 5.41) is 8.95. The number of hydrogen-bond acceptors (Lipinski definition) is 6. The third kappa shape index (κ3) is 5.57. The van der Waals surface area contributed by atoms with Crippen molar-refractivity contribution in [2.75, 3.05) is 44.8 Å². The molecule has 31 heavy (non-hydrogen) atoms. The lowest BCUT2D eigenvalue weighted by Crippen LogP contribution is -2.38. The van der Waals surface area contributed by atoms with E-state index in [0.29, 0.717) is 55.5 Å². The number of nitrogens with zero attached hydrogens (tertiary/aromatic N) is 4. The van der Waals surface area contributed by atoms with E-state index in [-0.39, 0.29) is 12.5 Å². The van der Waals surface area contributed by atoms with Crippen molar-refractivity contribution in [2.24, 2.45) is 0 Å². The number of aromatic nitrogens is 1. The first-order valence-corrected chi connectivity index (χ1v) is 9.58. The van der Waals surface area contributed by atoms with Crippen molar-refractivity contribution < 1.29 is 27.4 Å². The quantitative estimate of drug-likeness (QED) is 0.720. The van der Waals surface area contributed by atoms with E-state index in [0.717, 1.165) is 12.3 Å². The zero-order valence-electron chi connectivity index (χ0n) is 16.9. The Kier molecular flexibility index (Phi) is 6.84. The molecule has 1 aliphatic rings. The second-order valence-electron chi connectivity index (χ2n) is 6.89. The van der Waals surface area contributed by atoms with Crippen LogP contribution < -0.4 is 14.4 Å². The van der Waals surface area contributed by atoms with Crippen LogP contribution >= 0.6 is 0 Å². The number of rotatable bonds is 5. The van der Waals surface area contributed by atoms with Gasteiger partial charge in [-0.05, 0) is 30.7 Å². The van der Waals surface area contributed by atoms with Crippen LogP contribution in [-0.2, 0) is 11.0 Å². The third-order valence-electron chi connectivity index (χ3n) is 4.89. The molecule has 1 aromatic carbocycles. The fourth-order valence-corrected chi connectivity index (χ4v) is 3.22. The van der Waals surface area contributed by atoms with Crippen molar-refractivity contribution in [3.8, 4) is 17.6 Å². The lowest BCUT2D eigenvalue weighted by atomic mass is 10.2. The van der Waals surface area contributed by atoms with Crippen LogP contribution in [0.25, 0.3) is 0 Å². The van der Waals surface area contributed by atoms with E-state index in [1.807, 2.05) is 11.0 Å². The number of alkyl halides is 3. The lowest BCUT2D eigenvalue weighted by Gasteiger charge is -2.23. The molecule has 1 aliphatic heterocycles. The lowest BCUT2D eigenvalue weighted by molar-refractivity contribution is -0.137. The standard InChI is InChI=1S/C21H21F3N4O3/c1-30-18-11-15(12-25)3-5-17(18)31-14-20(29)28-8-2-7-27(9-10-28)19-6-4-16(13-26-19)21(22,23)24/h3-6,11,13H,2,7-10,14H2,1H3. The summed E-state index contributed by atoms with van der Waals surface area (Å²) in [7, 11) is 1.45. The van der Waals surface area contributed by atoms with Crippen molar-refractivity contribution in [3.05, 3.63) is 47.7 Å². The highest BCUT2D eigenvalue weighted by atomic mass is 19.4. The maximum absolute atomic E-state index is 12.7. The van der Waals surface area contributed by atoms with Gasteiger partial charge in [-0.3, -0.25) is 4.79 Å². The van der Waals surface area contributed by atoms with E-state index in [1.54, 1.807) is 17.0 Å². The summed E-state index contributed by atoms with van der Waals surface area (Å²) in [6, 6.07) is 9.04. The molecule has 164 valence electrons. The number of pyridine rings is 1. The molecule has 0 saturated carbocycles. The van der Waals surface area contributed by atoms with Gasteiger partial charge in [-0.25, -0.2) is 4.98 Å². The molecule has 1 fully saturated rings. The Morgan fingerprint density at radius 1 is 1.16 bits per heavy atom. The zero-order chi connectivity index (χ0) is 22.4. The van der Waals surface area contributed by atoms with E-state index in [9.17, 15) is 18.0 Å². The van der Waals surface area contributed by atoms with Gasteiger partial charge in [-0.1, -0.05) is 0 Å². The number of nitriles is 1. The smallest absolute Gasteiger partial charge is 0.417 e. The normalized spacial score (nSPS) is 14.5. The molecule has 10 heteroatoms. The number of benzene rings is 1. The maximum atomic E-state index is 12.7. The summed E-state index contributed by atoms with van der Waals surface area (Å²) in [4.78, 5) is 20.0. The molecule has 0 radical (unpaired) electrons. The largest absolute Gasteiger partial charge is 0.493 e. The van der Waals surface area contributed by atoms with E-state index in [1.165, 1.54) is 19.2 Å². The van der Waals surface area contributed by atoms with E-state index >= 15 is 0 Å². The Morgan fingerprint density at radius 2 is 1.97 bits per heavy atom. The van der Waals surface area contributed by atoms with Gasteiger partial charge in [0.15, 0.2) is 18.1 Å². The molecule has 0 bridgehead atoms. The van der Waals surface area contributed by atoms with Gasteiger partial charge >= 0.3 is 6.18 Å². The first-order valence-electron chi connectivity index (χ1n) is 9.58. The monoisotopic (exact) mass is 434 g/mol.